The lowest BCUT2D eigenvalue weighted by molar-refractivity contribution is -0.129. The molecule has 202 valence electrons. The molecule has 1 atom stereocenters. The first kappa shape index (κ1) is 27.5. The molecule has 38 heavy (non-hydrogen) atoms. The van der Waals surface area contributed by atoms with E-state index in [4.69, 9.17) is 25.5 Å². The van der Waals surface area contributed by atoms with E-state index in [-0.39, 0.29) is 11.3 Å². The van der Waals surface area contributed by atoms with Crippen molar-refractivity contribution in [2.24, 2.45) is 5.92 Å². The molecule has 8 nitrogen and oxygen atoms in total. The Labute approximate surface area is 227 Å². The van der Waals surface area contributed by atoms with Gasteiger partial charge in [0.1, 0.15) is 5.75 Å². The molecule has 0 saturated heterocycles. The highest BCUT2D eigenvalue weighted by Crippen LogP contribution is 2.41. The lowest BCUT2D eigenvalue weighted by atomic mass is 9.94. The van der Waals surface area contributed by atoms with E-state index in [1.54, 1.807) is 18.2 Å². The Bertz CT molecular complexity index is 1380. The van der Waals surface area contributed by atoms with Crippen LogP contribution < -0.4 is 9.47 Å². The fraction of sp³-hybridized carbons (Fsp3) is 0.379. The number of halogens is 1. The highest BCUT2D eigenvalue weighted by atomic mass is 35.5. The number of hydrogen-bond donors (Lipinski definition) is 1. The molecule has 0 spiro atoms. The van der Waals surface area contributed by atoms with Gasteiger partial charge in [0.2, 0.25) is 5.78 Å². The molecule has 0 aliphatic carbocycles. The lowest BCUT2D eigenvalue weighted by Gasteiger charge is -2.27. The number of carbonyl (C=O) groups excluding carboxylic acids is 2. The number of Topliss-reactive ketones (excluding diaryl/α,β-unsaturated/α-hetero) is 1. The van der Waals surface area contributed by atoms with Crippen LogP contribution in [0.1, 0.15) is 42.4 Å². The number of furan rings is 1. The zero-order chi connectivity index (χ0) is 27.6. The summed E-state index contributed by atoms with van der Waals surface area (Å²) in [5.74, 6) is -0.455. The summed E-state index contributed by atoms with van der Waals surface area (Å²) in [6.07, 6.45) is 0.661. The average molecular weight is 541 g/mol. The van der Waals surface area contributed by atoms with E-state index in [1.165, 1.54) is 12.0 Å². The quantitative estimate of drug-likeness (QED) is 0.314. The third kappa shape index (κ3) is 5.66. The first-order valence-corrected chi connectivity index (χ1v) is 12.9. The molecule has 0 saturated carbocycles. The van der Waals surface area contributed by atoms with Gasteiger partial charge >= 0.3 is 0 Å². The van der Waals surface area contributed by atoms with Crippen LogP contribution in [0.15, 0.2) is 58.2 Å². The van der Waals surface area contributed by atoms with Gasteiger partial charge in [-0.3, -0.25) is 9.59 Å². The number of nitrogens with zero attached hydrogens (tertiary/aromatic N) is 2. The summed E-state index contributed by atoms with van der Waals surface area (Å²) in [5.41, 5.74) is 0.978. The van der Waals surface area contributed by atoms with Crippen LogP contribution in [-0.4, -0.2) is 67.5 Å². The molecule has 1 aliphatic heterocycles. The van der Waals surface area contributed by atoms with Crippen LogP contribution in [0.3, 0.4) is 0 Å². The summed E-state index contributed by atoms with van der Waals surface area (Å²) in [6.45, 7) is 5.72. The fourth-order valence-electron chi connectivity index (χ4n) is 4.54. The van der Waals surface area contributed by atoms with Crippen molar-refractivity contribution < 1.29 is 28.6 Å². The zero-order valence-corrected chi connectivity index (χ0v) is 23.0. The van der Waals surface area contributed by atoms with Gasteiger partial charge in [0.05, 0.1) is 25.3 Å². The Morgan fingerprint density at radius 3 is 2.66 bits per heavy atom. The van der Waals surface area contributed by atoms with Gasteiger partial charge < -0.3 is 28.8 Å². The monoisotopic (exact) mass is 540 g/mol. The van der Waals surface area contributed by atoms with Crippen molar-refractivity contribution in [2.75, 3.05) is 40.9 Å². The van der Waals surface area contributed by atoms with Crippen molar-refractivity contribution in [1.82, 2.24) is 9.80 Å². The van der Waals surface area contributed by atoms with Crippen LogP contribution in [0, 0.1) is 5.92 Å². The van der Waals surface area contributed by atoms with Crippen LogP contribution in [0.25, 0.3) is 11.0 Å². The van der Waals surface area contributed by atoms with Crippen molar-refractivity contribution in [3.05, 3.63) is 70.1 Å². The van der Waals surface area contributed by atoms with Crippen molar-refractivity contribution >= 4 is 34.3 Å². The Kier molecular flexibility index (Phi) is 8.33. The van der Waals surface area contributed by atoms with E-state index in [2.05, 4.69) is 13.8 Å². The van der Waals surface area contributed by atoms with E-state index < -0.39 is 23.5 Å². The largest absolute Gasteiger partial charge is 0.503 e. The van der Waals surface area contributed by atoms with E-state index >= 15 is 0 Å². The maximum atomic E-state index is 13.9. The highest BCUT2D eigenvalue weighted by molar-refractivity contribution is 6.31. The number of ketones is 1. The number of fused-ring (bicyclic) bond motifs is 1. The summed E-state index contributed by atoms with van der Waals surface area (Å²) >= 11 is 6.19. The number of carbonyl (C=O) groups is 2. The van der Waals surface area contributed by atoms with Gasteiger partial charge in [0.25, 0.3) is 5.91 Å². The molecule has 9 heteroatoms. The van der Waals surface area contributed by atoms with Gasteiger partial charge in [0.15, 0.2) is 22.9 Å². The maximum absolute atomic E-state index is 13.9. The standard InChI is InChI=1S/C29H33ClN2O6/c1-17(2)16-37-21-9-6-8-18(13-21)25-24(27(34)29(35)32(25)11-7-10-31(3)4)26(33)22-14-19-12-20(30)15-23(36-5)28(19)38-22/h6,8-9,12-15,17,25,34H,7,10-11,16H2,1-5H3. The average Bonchev–Trinajstić information content (AvgIpc) is 3.41. The number of methoxy groups -OCH3 is 1. The molecule has 3 aromatic rings. The Morgan fingerprint density at radius 2 is 1.97 bits per heavy atom. The summed E-state index contributed by atoms with van der Waals surface area (Å²) in [7, 11) is 5.38. The molecule has 2 heterocycles. The maximum Gasteiger partial charge on any atom is 0.290 e. The fourth-order valence-corrected chi connectivity index (χ4v) is 4.76. The van der Waals surface area contributed by atoms with E-state index in [0.717, 1.165) is 6.54 Å². The molecule has 0 radical (unpaired) electrons. The molecule has 1 amide bonds. The summed E-state index contributed by atoms with van der Waals surface area (Å²) in [5, 5.41) is 12.0. The number of amides is 1. The van der Waals surface area contributed by atoms with Gasteiger partial charge in [-0.05, 0) is 62.8 Å². The van der Waals surface area contributed by atoms with Crippen molar-refractivity contribution in [3.8, 4) is 11.5 Å². The van der Waals surface area contributed by atoms with Gasteiger partial charge in [-0.25, -0.2) is 0 Å². The summed E-state index contributed by atoms with van der Waals surface area (Å²) < 4.78 is 17.1. The number of benzene rings is 2. The van der Waals surface area contributed by atoms with Crippen molar-refractivity contribution in [2.45, 2.75) is 26.3 Å². The van der Waals surface area contributed by atoms with Crippen LogP contribution in [-0.2, 0) is 4.79 Å². The van der Waals surface area contributed by atoms with Crippen molar-refractivity contribution in [1.29, 1.82) is 0 Å². The third-order valence-corrected chi connectivity index (χ3v) is 6.52. The molecule has 1 N–H and O–H groups in total. The first-order valence-electron chi connectivity index (χ1n) is 12.5. The van der Waals surface area contributed by atoms with E-state index in [1.807, 2.05) is 43.3 Å². The van der Waals surface area contributed by atoms with Gasteiger partial charge in [-0.2, -0.15) is 0 Å². The SMILES string of the molecule is COc1cc(Cl)cc2cc(C(=O)C3=C(O)C(=O)N(CCCN(C)C)C3c3cccc(OCC(C)C)c3)oc12. The minimum Gasteiger partial charge on any atom is -0.503 e. The molecule has 1 aromatic heterocycles. The predicted molar refractivity (Wildman–Crippen MR) is 146 cm³/mol. The number of ether oxygens (including phenoxy) is 2. The second-order valence-corrected chi connectivity index (χ2v) is 10.5. The molecule has 2 aromatic carbocycles. The van der Waals surface area contributed by atoms with Gasteiger partial charge in [0, 0.05) is 23.0 Å². The first-order chi connectivity index (χ1) is 18.1. The van der Waals surface area contributed by atoms with Crippen LogP contribution in [0.4, 0.5) is 0 Å². The Hall–Kier alpha value is -3.49. The number of rotatable bonds is 11. The number of hydrogen-bond acceptors (Lipinski definition) is 7. The van der Waals surface area contributed by atoms with Crippen molar-refractivity contribution in [3.63, 3.8) is 0 Å². The van der Waals surface area contributed by atoms with Gasteiger partial charge in [-0.15, -0.1) is 0 Å². The lowest BCUT2D eigenvalue weighted by Crippen LogP contribution is -2.33. The second-order valence-electron chi connectivity index (χ2n) is 10.1. The molecule has 0 fully saturated rings. The Morgan fingerprint density at radius 1 is 1.21 bits per heavy atom. The number of aliphatic hydroxyl groups excluding tert-OH is 1. The molecule has 1 aliphatic rings. The normalized spacial score (nSPS) is 15.8. The Balaban J connectivity index is 1.76. The third-order valence-electron chi connectivity index (χ3n) is 6.30. The number of aliphatic hydroxyl groups is 1. The topological polar surface area (TPSA) is 92.5 Å². The zero-order valence-electron chi connectivity index (χ0n) is 22.3. The van der Waals surface area contributed by atoms with E-state index in [0.29, 0.717) is 58.5 Å². The van der Waals surface area contributed by atoms with Crippen LogP contribution >= 0.6 is 11.6 Å². The highest BCUT2D eigenvalue weighted by Gasteiger charge is 2.44. The van der Waals surface area contributed by atoms with Crippen LogP contribution in [0.2, 0.25) is 5.02 Å². The summed E-state index contributed by atoms with van der Waals surface area (Å²) in [4.78, 5) is 30.7. The minimum atomic E-state index is -0.807. The molecule has 0 bridgehead atoms. The smallest absolute Gasteiger partial charge is 0.290 e. The molecular weight excluding hydrogens is 508 g/mol. The van der Waals surface area contributed by atoms with Crippen LogP contribution in [0.5, 0.6) is 11.5 Å². The molecule has 1 unspecified atom stereocenters. The van der Waals surface area contributed by atoms with E-state index in [9.17, 15) is 14.7 Å². The summed E-state index contributed by atoms with van der Waals surface area (Å²) in [6, 6.07) is 11.3. The predicted octanol–water partition coefficient (Wildman–Crippen LogP) is 5.66. The molecular formula is C29H33ClN2O6. The molecule has 4 rings (SSSR count). The van der Waals surface area contributed by atoms with Gasteiger partial charge in [-0.1, -0.05) is 37.6 Å². The second kappa shape index (κ2) is 11.5. The minimum absolute atomic E-state index is 0.0257.